The normalized spacial score (nSPS) is 10.9. The summed E-state index contributed by atoms with van der Waals surface area (Å²) in [5.74, 6) is -0.429. The average molecular weight is 214 g/mol. The summed E-state index contributed by atoms with van der Waals surface area (Å²) in [6.45, 7) is 8.37. The number of unbranched alkanes of at least 4 members (excludes halogenated alkanes) is 1. The highest BCUT2D eigenvalue weighted by atomic mass is 16.2. The van der Waals surface area contributed by atoms with Gasteiger partial charge in [0.15, 0.2) is 0 Å². The van der Waals surface area contributed by atoms with Crippen LogP contribution in [0, 0.1) is 0 Å². The lowest BCUT2D eigenvalue weighted by Gasteiger charge is -2.20. The number of amides is 2. The molecule has 0 unspecified atom stereocenters. The largest absolute Gasteiger partial charge is 0.356 e. The maximum Gasteiger partial charge on any atom is 0.229 e. The zero-order valence-corrected chi connectivity index (χ0v) is 10.1. The zero-order chi connectivity index (χ0) is 11.9. The lowest BCUT2D eigenvalue weighted by molar-refractivity contribution is -0.130. The Morgan fingerprint density at radius 2 is 1.73 bits per heavy atom. The first-order valence-corrected chi connectivity index (χ1v) is 5.43. The van der Waals surface area contributed by atoms with Gasteiger partial charge >= 0.3 is 0 Å². The Labute approximate surface area is 91.8 Å². The van der Waals surface area contributed by atoms with Crippen molar-refractivity contribution in [3.8, 4) is 0 Å². The standard InChI is InChI=1S/C11H22N2O2/c1-5-6-7-12-9(14)8-10(15)13-11(2,3)4/h5-8H2,1-4H3,(H,12,14)(H,13,15). The van der Waals surface area contributed by atoms with Crippen molar-refractivity contribution in [1.82, 2.24) is 10.6 Å². The molecule has 0 aliphatic carbocycles. The molecule has 4 nitrogen and oxygen atoms in total. The summed E-state index contributed by atoms with van der Waals surface area (Å²) in [5.41, 5.74) is -0.277. The SMILES string of the molecule is CCCCNC(=O)CC(=O)NC(C)(C)C. The van der Waals surface area contributed by atoms with E-state index in [4.69, 9.17) is 0 Å². The minimum atomic E-state index is -0.277. The third kappa shape index (κ3) is 9.25. The number of carbonyl (C=O) groups is 2. The third-order valence-corrected chi connectivity index (χ3v) is 1.69. The molecule has 2 N–H and O–H groups in total. The van der Waals surface area contributed by atoms with Crippen molar-refractivity contribution in [3.63, 3.8) is 0 Å². The van der Waals surface area contributed by atoms with Gasteiger partial charge in [0.2, 0.25) is 11.8 Å². The molecule has 0 aromatic rings. The van der Waals surface area contributed by atoms with Gasteiger partial charge < -0.3 is 10.6 Å². The van der Waals surface area contributed by atoms with E-state index in [1.165, 1.54) is 0 Å². The van der Waals surface area contributed by atoms with Crippen molar-refractivity contribution in [3.05, 3.63) is 0 Å². The molecule has 0 aliphatic heterocycles. The van der Waals surface area contributed by atoms with Crippen LogP contribution in [0.5, 0.6) is 0 Å². The maximum absolute atomic E-state index is 11.3. The van der Waals surface area contributed by atoms with Crippen LogP contribution in [0.2, 0.25) is 0 Å². The van der Waals surface area contributed by atoms with Crippen molar-refractivity contribution in [2.75, 3.05) is 6.54 Å². The molecule has 0 heterocycles. The van der Waals surface area contributed by atoms with E-state index in [9.17, 15) is 9.59 Å². The van der Waals surface area contributed by atoms with E-state index >= 15 is 0 Å². The van der Waals surface area contributed by atoms with E-state index in [-0.39, 0.29) is 23.8 Å². The van der Waals surface area contributed by atoms with Gasteiger partial charge in [-0.05, 0) is 27.2 Å². The summed E-state index contributed by atoms with van der Waals surface area (Å²) >= 11 is 0. The Hall–Kier alpha value is -1.06. The molecule has 88 valence electrons. The van der Waals surface area contributed by atoms with Gasteiger partial charge in [-0.1, -0.05) is 13.3 Å². The van der Waals surface area contributed by atoms with E-state index in [0.717, 1.165) is 12.8 Å². The molecule has 0 aromatic carbocycles. The molecule has 15 heavy (non-hydrogen) atoms. The van der Waals surface area contributed by atoms with E-state index < -0.39 is 0 Å². The molecule has 2 amide bonds. The molecule has 0 atom stereocenters. The molecule has 0 saturated heterocycles. The second-order valence-corrected chi connectivity index (χ2v) is 4.68. The molecule has 0 bridgehead atoms. The highest BCUT2D eigenvalue weighted by molar-refractivity contribution is 5.97. The van der Waals surface area contributed by atoms with Crippen LogP contribution in [0.25, 0.3) is 0 Å². The van der Waals surface area contributed by atoms with Crippen LogP contribution in [0.15, 0.2) is 0 Å². The lowest BCUT2D eigenvalue weighted by Crippen LogP contribution is -2.42. The number of carbonyl (C=O) groups excluding carboxylic acids is 2. The molecule has 0 aliphatic rings. The van der Waals surface area contributed by atoms with Crippen molar-refractivity contribution >= 4 is 11.8 Å². The number of hydrogen-bond donors (Lipinski definition) is 2. The Kier molecular flexibility index (Phi) is 5.97. The van der Waals surface area contributed by atoms with Crippen molar-refractivity contribution < 1.29 is 9.59 Å². The molecule has 0 fully saturated rings. The van der Waals surface area contributed by atoms with Gasteiger partial charge in [0.25, 0.3) is 0 Å². The summed E-state index contributed by atoms with van der Waals surface area (Å²) in [6.07, 6.45) is 1.90. The first-order valence-electron chi connectivity index (χ1n) is 5.43. The third-order valence-electron chi connectivity index (χ3n) is 1.69. The molecular formula is C11H22N2O2. The predicted octanol–water partition coefficient (Wildman–Crippen LogP) is 1.21. The van der Waals surface area contributed by atoms with E-state index in [0.29, 0.717) is 6.54 Å². The van der Waals surface area contributed by atoms with Gasteiger partial charge in [-0.25, -0.2) is 0 Å². The smallest absolute Gasteiger partial charge is 0.229 e. The average Bonchev–Trinajstić information content (AvgIpc) is 2.00. The van der Waals surface area contributed by atoms with E-state index in [1.807, 2.05) is 20.8 Å². The lowest BCUT2D eigenvalue weighted by atomic mass is 10.1. The first kappa shape index (κ1) is 13.9. The van der Waals surface area contributed by atoms with Gasteiger partial charge in [-0.2, -0.15) is 0 Å². The second-order valence-electron chi connectivity index (χ2n) is 4.68. The van der Waals surface area contributed by atoms with Crippen LogP contribution in [0.1, 0.15) is 47.0 Å². The summed E-state index contributed by atoms with van der Waals surface area (Å²) in [6, 6.07) is 0. The first-order chi connectivity index (χ1) is 6.85. The zero-order valence-electron chi connectivity index (χ0n) is 10.1. The molecule has 0 rings (SSSR count). The Bertz CT molecular complexity index is 219. The fourth-order valence-corrected chi connectivity index (χ4v) is 1.08. The maximum atomic E-state index is 11.3. The molecule has 0 spiro atoms. The Morgan fingerprint density at radius 3 is 2.20 bits per heavy atom. The van der Waals surface area contributed by atoms with Gasteiger partial charge in [0.05, 0.1) is 0 Å². The van der Waals surface area contributed by atoms with Crippen LogP contribution in [-0.4, -0.2) is 23.9 Å². The van der Waals surface area contributed by atoms with Crippen LogP contribution in [0.4, 0.5) is 0 Å². The molecular weight excluding hydrogens is 192 g/mol. The Balaban J connectivity index is 3.72. The van der Waals surface area contributed by atoms with Crippen molar-refractivity contribution in [2.24, 2.45) is 0 Å². The van der Waals surface area contributed by atoms with Crippen molar-refractivity contribution in [2.45, 2.75) is 52.5 Å². The molecule has 0 radical (unpaired) electrons. The highest BCUT2D eigenvalue weighted by Crippen LogP contribution is 1.98. The van der Waals surface area contributed by atoms with Crippen LogP contribution in [-0.2, 0) is 9.59 Å². The fraction of sp³-hybridized carbons (Fsp3) is 0.818. The molecule has 0 aromatic heterocycles. The fourth-order valence-electron chi connectivity index (χ4n) is 1.08. The highest BCUT2D eigenvalue weighted by Gasteiger charge is 2.15. The van der Waals surface area contributed by atoms with Gasteiger partial charge in [-0.3, -0.25) is 9.59 Å². The summed E-state index contributed by atoms with van der Waals surface area (Å²) in [5, 5.41) is 5.44. The summed E-state index contributed by atoms with van der Waals surface area (Å²) < 4.78 is 0. The summed E-state index contributed by atoms with van der Waals surface area (Å²) in [4.78, 5) is 22.6. The monoisotopic (exact) mass is 214 g/mol. The van der Waals surface area contributed by atoms with Crippen LogP contribution in [0.3, 0.4) is 0 Å². The van der Waals surface area contributed by atoms with E-state index in [1.54, 1.807) is 0 Å². The van der Waals surface area contributed by atoms with Crippen molar-refractivity contribution in [1.29, 1.82) is 0 Å². The second kappa shape index (κ2) is 6.43. The number of hydrogen-bond acceptors (Lipinski definition) is 2. The number of rotatable bonds is 5. The topological polar surface area (TPSA) is 58.2 Å². The number of nitrogens with one attached hydrogen (secondary N) is 2. The van der Waals surface area contributed by atoms with Gasteiger partial charge in [0.1, 0.15) is 6.42 Å². The van der Waals surface area contributed by atoms with E-state index in [2.05, 4.69) is 17.6 Å². The quantitative estimate of drug-likeness (QED) is 0.534. The van der Waals surface area contributed by atoms with Crippen LogP contribution < -0.4 is 10.6 Å². The van der Waals surface area contributed by atoms with Gasteiger partial charge in [-0.15, -0.1) is 0 Å². The molecule has 0 saturated carbocycles. The Morgan fingerprint density at radius 1 is 1.13 bits per heavy atom. The minimum absolute atomic E-state index is 0.0824. The summed E-state index contributed by atoms with van der Waals surface area (Å²) in [7, 11) is 0. The van der Waals surface area contributed by atoms with Crippen LogP contribution >= 0.6 is 0 Å². The van der Waals surface area contributed by atoms with Gasteiger partial charge in [0, 0.05) is 12.1 Å². The molecule has 4 heteroatoms. The predicted molar refractivity (Wildman–Crippen MR) is 60.4 cm³/mol. The minimum Gasteiger partial charge on any atom is -0.356 e.